The van der Waals surface area contributed by atoms with Crippen LogP contribution in [0.3, 0.4) is 0 Å². The number of hydrogen-bond acceptors (Lipinski definition) is 3. The van der Waals surface area contributed by atoms with Crippen molar-refractivity contribution in [3.05, 3.63) is 17.0 Å². The van der Waals surface area contributed by atoms with Gasteiger partial charge in [0.2, 0.25) is 0 Å². The normalized spacial score (nSPS) is 8.36. The number of aliphatic hydroxyl groups excluding tert-OH is 1. The fourth-order valence-electron chi connectivity index (χ4n) is 0.619. The highest BCUT2D eigenvalue weighted by atomic mass is 16.2. The molecule has 0 amide bonds. The van der Waals surface area contributed by atoms with Gasteiger partial charge in [-0.05, 0) is 13.8 Å². The van der Waals surface area contributed by atoms with Crippen molar-refractivity contribution in [2.45, 2.75) is 13.8 Å². The number of aliphatic hydroxyl groups is 1. The van der Waals surface area contributed by atoms with E-state index in [1.165, 1.54) is 0 Å². The lowest BCUT2D eigenvalue weighted by molar-refractivity contribution is 0.111. The molecule has 1 heterocycles. The third-order valence-electron chi connectivity index (χ3n) is 1.40. The van der Waals surface area contributed by atoms with Gasteiger partial charge in [-0.3, -0.25) is 9.89 Å². The maximum atomic E-state index is 10.2. The summed E-state index contributed by atoms with van der Waals surface area (Å²) in [5, 5.41) is 13.4. The molecule has 0 unspecified atom stereocenters. The number of hydrogen-bond donors (Lipinski definition) is 2. The van der Waals surface area contributed by atoms with Gasteiger partial charge in [0, 0.05) is 18.4 Å². The summed E-state index contributed by atoms with van der Waals surface area (Å²) in [7, 11) is 1.00. The zero-order valence-electron chi connectivity index (χ0n) is 6.88. The van der Waals surface area contributed by atoms with E-state index in [1.54, 1.807) is 0 Å². The Balaban J connectivity index is 0.000000461. The number of H-pyrrole nitrogens is 1. The monoisotopic (exact) mass is 156 g/mol. The van der Waals surface area contributed by atoms with Crippen LogP contribution in [-0.2, 0) is 0 Å². The molecule has 4 heteroatoms. The zero-order valence-corrected chi connectivity index (χ0v) is 6.88. The van der Waals surface area contributed by atoms with Gasteiger partial charge in [-0.2, -0.15) is 5.10 Å². The fraction of sp³-hybridized carbons (Fsp3) is 0.429. The molecule has 0 atom stereocenters. The molecular weight excluding hydrogens is 144 g/mol. The molecule has 0 aliphatic carbocycles. The minimum atomic E-state index is 0.507. The van der Waals surface area contributed by atoms with Gasteiger partial charge < -0.3 is 5.11 Å². The molecule has 0 aromatic carbocycles. The van der Waals surface area contributed by atoms with E-state index in [-0.39, 0.29) is 0 Å². The number of aldehydes is 1. The number of carbonyl (C=O) groups excluding carboxylic acids is 1. The molecule has 0 aliphatic rings. The molecule has 4 nitrogen and oxygen atoms in total. The summed E-state index contributed by atoms with van der Waals surface area (Å²) in [5.74, 6) is 0. The molecule has 1 rings (SSSR count). The summed E-state index contributed by atoms with van der Waals surface area (Å²) in [4.78, 5) is 10.2. The van der Waals surface area contributed by atoms with Crippen molar-refractivity contribution in [3.63, 3.8) is 0 Å². The van der Waals surface area contributed by atoms with Gasteiger partial charge in [0.25, 0.3) is 0 Å². The first kappa shape index (κ1) is 9.84. The number of aromatic amines is 1. The Morgan fingerprint density at radius 1 is 1.45 bits per heavy atom. The summed E-state index contributed by atoms with van der Waals surface area (Å²) in [6, 6.07) is 0. The van der Waals surface area contributed by atoms with Crippen molar-refractivity contribution in [2.75, 3.05) is 7.11 Å². The van der Waals surface area contributed by atoms with Crippen LogP contribution < -0.4 is 0 Å². The smallest absolute Gasteiger partial charge is 0.170 e. The fourth-order valence-corrected chi connectivity index (χ4v) is 0.619. The predicted octanol–water partition coefficient (Wildman–Crippen LogP) is 0.448. The highest BCUT2D eigenvalue weighted by Crippen LogP contribution is 2.04. The first-order valence-electron chi connectivity index (χ1n) is 3.17. The van der Waals surface area contributed by atoms with E-state index in [1.807, 2.05) is 13.8 Å². The molecule has 0 radical (unpaired) electrons. The van der Waals surface area contributed by atoms with Crippen LogP contribution >= 0.6 is 0 Å². The van der Waals surface area contributed by atoms with Crippen molar-refractivity contribution in [2.24, 2.45) is 0 Å². The van der Waals surface area contributed by atoms with E-state index in [0.717, 1.165) is 24.7 Å². The average Bonchev–Trinajstić information content (AvgIpc) is 2.37. The van der Waals surface area contributed by atoms with Crippen LogP contribution in [0.1, 0.15) is 21.7 Å². The number of carbonyl (C=O) groups is 1. The lowest BCUT2D eigenvalue weighted by Crippen LogP contribution is -1.81. The van der Waals surface area contributed by atoms with Crippen molar-refractivity contribution < 1.29 is 9.90 Å². The van der Waals surface area contributed by atoms with Crippen LogP contribution in [0.15, 0.2) is 0 Å². The third-order valence-corrected chi connectivity index (χ3v) is 1.40. The number of nitrogens with one attached hydrogen (secondary N) is 1. The average molecular weight is 156 g/mol. The molecule has 0 spiro atoms. The highest BCUT2D eigenvalue weighted by molar-refractivity contribution is 5.74. The van der Waals surface area contributed by atoms with Gasteiger partial charge in [-0.1, -0.05) is 0 Å². The molecular formula is C7H12N2O2. The van der Waals surface area contributed by atoms with E-state index >= 15 is 0 Å². The van der Waals surface area contributed by atoms with Crippen molar-refractivity contribution >= 4 is 6.29 Å². The molecule has 1 aromatic heterocycles. The van der Waals surface area contributed by atoms with E-state index in [2.05, 4.69) is 10.2 Å². The highest BCUT2D eigenvalue weighted by Gasteiger charge is 2.01. The second-order valence-corrected chi connectivity index (χ2v) is 1.98. The van der Waals surface area contributed by atoms with Crippen molar-refractivity contribution in [1.29, 1.82) is 0 Å². The van der Waals surface area contributed by atoms with Crippen LogP contribution in [0.2, 0.25) is 0 Å². The van der Waals surface area contributed by atoms with Crippen molar-refractivity contribution in [1.82, 2.24) is 10.2 Å². The maximum Gasteiger partial charge on any atom is 0.170 e. The third kappa shape index (κ3) is 2.16. The zero-order chi connectivity index (χ0) is 8.85. The molecule has 1 aromatic rings. The van der Waals surface area contributed by atoms with Gasteiger partial charge in [-0.15, -0.1) is 0 Å². The van der Waals surface area contributed by atoms with Crippen LogP contribution in [0, 0.1) is 13.8 Å². The van der Waals surface area contributed by atoms with E-state index in [9.17, 15) is 4.79 Å². The van der Waals surface area contributed by atoms with Gasteiger partial charge in [0.15, 0.2) is 6.29 Å². The molecule has 0 bridgehead atoms. The van der Waals surface area contributed by atoms with Gasteiger partial charge in [0.1, 0.15) is 5.69 Å². The Morgan fingerprint density at radius 2 is 2.00 bits per heavy atom. The molecule has 0 saturated heterocycles. The molecule has 0 saturated carbocycles. The summed E-state index contributed by atoms with van der Waals surface area (Å²) in [6.45, 7) is 3.75. The number of nitrogens with zero attached hydrogens (tertiary/aromatic N) is 1. The SMILES string of the molecule is CO.Cc1[nH]nc(C=O)c1C. The summed E-state index contributed by atoms with van der Waals surface area (Å²) < 4.78 is 0. The van der Waals surface area contributed by atoms with Gasteiger partial charge in [0.05, 0.1) is 0 Å². The van der Waals surface area contributed by atoms with Crippen molar-refractivity contribution in [3.8, 4) is 0 Å². The van der Waals surface area contributed by atoms with Gasteiger partial charge >= 0.3 is 0 Å². The van der Waals surface area contributed by atoms with E-state index in [0.29, 0.717) is 5.69 Å². The number of rotatable bonds is 1. The Labute approximate surface area is 65.3 Å². The van der Waals surface area contributed by atoms with E-state index in [4.69, 9.17) is 5.11 Å². The largest absolute Gasteiger partial charge is 0.400 e. The maximum absolute atomic E-state index is 10.2. The Hall–Kier alpha value is -1.16. The first-order valence-corrected chi connectivity index (χ1v) is 3.17. The number of aromatic nitrogens is 2. The first-order chi connectivity index (χ1) is 5.25. The Kier molecular flexibility index (Phi) is 4.14. The number of aryl methyl sites for hydroxylation is 1. The molecule has 0 fully saturated rings. The van der Waals surface area contributed by atoms with Crippen LogP contribution in [0.25, 0.3) is 0 Å². The lowest BCUT2D eigenvalue weighted by Gasteiger charge is -1.83. The van der Waals surface area contributed by atoms with Crippen LogP contribution in [0.4, 0.5) is 0 Å². The summed E-state index contributed by atoms with van der Waals surface area (Å²) >= 11 is 0. The second-order valence-electron chi connectivity index (χ2n) is 1.98. The Bertz CT molecular complexity index is 230. The molecule has 11 heavy (non-hydrogen) atoms. The van der Waals surface area contributed by atoms with Crippen LogP contribution in [0.5, 0.6) is 0 Å². The summed E-state index contributed by atoms with van der Waals surface area (Å²) in [5.41, 5.74) is 2.40. The molecule has 2 N–H and O–H groups in total. The van der Waals surface area contributed by atoms with E-state index < -0.39 is 0 Å². The Morgan fingerprint density at radius 3 is 2.18 bits per heavy atom. The minimum absolute atomic E-state index is 0.507. The predicted molar refractivity (Wildman–Crippen MR) is 41.6 cm³/mol. The topological polar surface area (TPSA) is 66.0 Å². The lowest BCUT2D eigenvalue weighted by atomic mass is 10.2. The standard InChI is InChI=1S/C6H8N2O.CH4O/c1-4-5(2)7-8-6(4)3-9;1-2/h3H,1-2H3,(H,7,8);2H,1H3. The quantitative estimate of drug-likeness (QED) is 0.580. The molecule has 0 aliphatic heterocycles. The second kappa shape index (κ2) is 4.62. The summed E-state index contributed by atoms with van der Waals surface area (Å²) in [6.07, 6.45) is 0.749. The minimum Gasteiger partial charge on any atom is -0.400 e. The van der Waals surface area contributed by atoms with Crippen LogP contribution in [-0.4, -0.2) is 28.7 Å². The molecule has 62 valence electrons. The van der Waals surface area contributed by atoms with Gasteiger partial charge in [-0.25, -0.2) is 0 Å².